The van der Waals surface area contributed by atoms with Crippen LogP contribution in [0.5, 0.6) is 0 Å². The van der Waals surface area contributed by atoms with Crippen molar-refractivity contribution in [3.8, 4) is 0 Å². The summed E-state index contributed by atoms with van der Waals surface area (Å²) in [5.74, 6) is 0.435. The second-order valence-corrected chi connectivity index (χ2v) is 4.71. The molecule has 0 aromatic heterocycles. The van der Waals surface area contributed by atoms with E-state index in [2.05, 4.69) is 85.0 Å². The third kappa shape index (κ3) is 2.92. The minimum absolute atomic E-state index is 0.435. The normalized spacial score (nSPS) is 14.5. The van der Waals surface area contributed by atoms with E-state index in [4.69, 9.17) is 0 Å². The average Bonchev–Trinajstić information content (AvgIpc) is 3.01. The van der Waals surface area contributed by atoms with Crippen LogP contribution >= 0.6 is 0 Å². The Balaban J connectivity index is 1.82. The van der Waals surface area contributed by atoms with Crippen molar-refractivity contribution in [2.75, 3.05) is 0 Å². The van der Waals surface area contributed by atoms with E-state index in [-0.39, 0.29) is 0 Å². The molecule has 2 aromatic carbocycles. The number of allylic oxidation sites excluding steroid dienone is 4. The van der Waals surface area contributed by atoms with Crippen LogP contribution in [0.15, 0.2) is 78.9 Å². The Kier molecular flexibility index (Phi) is 3.42. The van der Waals surface area contributed by atoms with Gasteiger partial charge in [0.25, 0.3) is 0 Å². The standard InChI is InChI=1S/C19H16/c1-2-7-16(8-3-1)13-14-17-9-6-12-19(15-17)18-10-4-5-11-18/h1-15,18H/b14-13+. The van der Waals surface area contributed by atoms with Gasteiger partial charge in [-0.05, 0) is 16.7 Å². The van der Waals surface area contributed by atoms with Gasteiger partial charge in [0.05, 0.1) is 0 Å². The lowest BCUT2D eigenvalue weighted by molar-refractivity contribution is 1.10. The molecule has 0 saturated carbocycles. The highest BCUT2D eigenvalue weighted by Crippen LogP contribution is 2.24. The van der Waals surface area contributed by atoms with Crippen LogP contribution in [0.25, 0.3) is 12.2 Å². The van der Waals surface area contributed by atoms with Gasteiger partial charge in [-0.15, -0.1) is 0 Å². The lowest BCUT2D eigenvalue weighted by atomic mass is 9.98. The van der Waals surface area contributed by atoms with Crippen molar-refractivity contribution in [3.63, 3.8) is 0 Å². The summed E-state index contributed by atoms with van der Waals surface area (Å²) < 4.78 is 0. The van der Waals surface area contributed by atoms with Crippen molar-refractivity contribution in [1.82, 2.24) is 0 Å². The Morgan fingerprint density at radius 3 is 2.16 bits per heavy atom. The number of hydrogen-bond acceptors (Lipinski definition) is 0. The van der Waals surface area contributed by atoms with Crippen LogP contribution < -0.4 is 0 Å². The Morgan fingerprint density at radius 1 is 0.684 bits per heavy atom. The highest BCUT2D eigenvalue weighted by molar-refractivity contribution is 5.69. The first-order valence-corrected chi connectivity index (χ1v) is 6.60. The molecular formula is C19H16. The van der Waals surface area contributed by atoms with E-state index < -0.39 is 0 Å². The quantitative estimate of drug-likeness (QED) is 0.661. The summed E-state index contributed by atoms with van der Waals surface area (Å²) in [6, 6.07) is 19.1. The van der Waals surface area contributed by atoms with Gasteiger partial charge < -0.3 is 0 Å². The lowest BCUT2D eigenvalue weighted by Crippen LogP contribution is -1.88. The first-order chi connectivity index (χ1) is 9.42. The maximum absolute atomic E-state index is 2.25. The van der Waals surface area contributed by atoms with E-state index in [0.717, 1.165) is 0 Å². The highest BCUT2D eigenvalue weighted by atomic mass is 14.1. The Bertz CT molecular complexity index is 618. The van der Waals surface area contributed by atoms with E-state index in [9.17, 15) is 0 Å². The molecule has 3 rings (SSSR count). The molecule has 0 aliphatic heterocycles. The average molecular weight is 244 g/mol. The van der Waals surface area contributed by atoms with Crippen LogP contribution in [0.3, 0.4) is 0 Å². The summed E-state index contributed by atoms with van der Waals surface area (Å²) in [7, 11) is 0. The Labute approximate surface area is 114 Å². The summed E-state index contributed by atoms with van der Waals surface area (Å²) in [5.41, 5.74) is 3.82. The second-order valence-electron chi connectivity index (χ2n) is 4.71. The van der Waals surface area contributed by atoms with E-state index in [1.807, 2.05) is 6.07 Å². The summed E-state index contributed by atoms with van der Waals surface area (Å²) in [6.45, 7) is 0. The molecule has 1 aliphatic rings. The molecule has 0 heterocycles. The van der Waals surface area contributed by atoms with E-state index in [1.54, 1.807) is 0 Å². The number of rotatable bonds is 3. The smallest absolute Gasteiger partial charge is 0.0205 e. The summed E-state index contributed by atoms with van der Waals surface area (Å²) in [5, 5.41) is 0. The molecule has 0 heteroatoms. The maximum atomic E-state index is 2.25. The van der Waals surface area contributed by atoms with Crippen molar-refractivity contribution >= 4 is 12.2 Å². The number of hydrogen-bond donors (Lipinski definition) is 0. The molecule has 0 saturated heterocycles. The van der Waals surface area contributed by atoms with Crippen molar-refractivity contribution in [3.05, 3.63) is 95.6 Å². The van der Waals surface area contributed by atoms with Crippen LogP contribution in [0.2, 0.25) is 0 Å². The summed E-state index contributed by atoms with van der Waals surface area (Å²) in [4.78, 5) is 0. The Hall–Kier alpha value is -2.34. The third-order valence-corrected chi connectivity index (χ3v) is 3.31. The van der Waals surface area contributed by atoms with Gasteiger partial charge in [0.15, 0.2) is 0 Å². The molecule has 1 aliphatic carbocycles. The van der Waals surface area contributed by atoms with Crippen molar-refractivity contribution in [1.29, 1.82) is 0 Å². The SMILES string of the molecule is C1=CC(c2cccc(/C=C/c3ccccc3)c2)C=C1. The maximum Gasteiger partial charge on any atom is 0.0205 e. The monoisotopic (exact) mass is 244 g/mol. The highest BCUT2D eigenvalue weighted by Gasteiger charge is 2.06. The zero-order valence-electron chi connectivity index (χ0n) is 10.7. The lowest BCUT2D eigenvalue weighted by Gasteiger charge is -2.06. The minimum atomic E-state index is 0.435. The molecule has 0 amide bonds. The molecule has 19 heavy (non-hydrogen) atoms. The minimum Gasteiger partial charge on any atom is -0.0732 e. The van der Waals surface area contributed by atoms with Crippen LogP contribution in [-0.4, -0.2) is 0 Å². The van der Waals surface area contributed by atoms with Gasteiger partial charge in [-0.1, -0.05) is 91.1 Å². The van der Waals surface area contributed by atoms with Crippen LogP contribution in [0, 0.1) is 0 Å². The topological polar surface area (TPSA) is 0 Å². The first kappa shape index (κ1) is 11.7. The zero-order valence-corrected chi connectivity index (χ0v) is 10.7. The molecular weight excluding hydrogens is 228 g/mol. The van der Waals surface area contributed by atoms with Gasteiger partial charge in [-0.25, -0.2) is 0 Å². The molecule has 0 fully saturated rings. The van der Waals surface area contributed by atoms with Crippen LogP contribution in [0.4, 0.5) is 0 Å². The first-order valence-electron chi connectivity index (χ1n) is 6.60. The zero-order chi connectivity index (χ0) is 12.9. The second kappa shape index (κ2) is 5.53. The Morgan fingerprint density at radius 2 is 1.37 bits per heavy atom. The number of benzene rings is 2. The van der Waals surface area contributed by atoms with E-state index >= 15 is 0 Å². The van der Waals surface area contributed by atoms with Crippen molar-refractivity contribution in [2.45, 2.75) is 5.92 Å². The fraction of sp³-hybridized carbons (Fsp3) is 0.0526. The molecule has 0 N–H and O–H groups in total. The van der Waals surface area contributed by atoms with Gasteiger partial charge >= 0.3 is 0 Å². The molecule has 0 radical (unpaired) electrons. The molecule has 0 spiro atoms. The predicted molar refractivity (Wildman–Crippen MR) is 82.8 cm³/mol. The van der Waals surface area contributed by atoms with Gasteiger partial charge in [-0.2, -0.15) is 0 Å². The molecule has 0 nitrogen and oxygen atoms in total. The molecule has 0 bridgehead atoms. The van der Waals surface area contributed by atoms with Gasteiger partial charge in [0.2, 0.25) is 0 Å². The van der Waals surface area contributed by atoms with Crippen molar-refractivity contribution in [2.24, 2.45) is 0 Å². The van der Waals surface area contributed by atoms with Crippen LogP contribution in [-0.2, 0) is 0 Å². The molecule has 0 atom stereocenters. The van der Waals surface area contributed by atoms with Gasteiger partial charge in [0, 0.05) is 5.92 Å². The predicted octanol–water partition coefficient (Wildman–Crippen LogP) is 5.07. The van der Waals surface area contributed by atoms with Crippen molar-refractivity contribution < 1.29 is 0 Å². The summed E-state index contributed by atoms with van der Waals surface area (Å²) >= 11 is 0. The van der Waals surface area contributed by atoms with E-state index in [1.165, 1.54) is 16.7 Å². The fourth-order valence-electron chi connectivity index (χ4n) is 2.28. The van der Waals surface area contributed by atoms with Gasteiger partial charge in [0.1, 0.15) is 0 Å². The largest absolute Gasteiger partial charge is 0.0732 e. The molecule has 2 aromatic rings. The van der Waals surface area contributed by atoms with E-state index in [0.29, 0.717) is 5.92 Å². The molecule has 0 unspecified atom stereocenters. The van der Waals surface area contributed by atoms with Crippen LogP contribution in [0.1, 0.15) is 22.6 Å². The van der Waals surface area contributed by atoms with Gasteiger partial charge in [-0.3, -0.25) is 0 Å². The molecule has 92 valence electrons. The fourth-order valence-corrected chi connectivity index (χ4v) is 2.28. The third-order valence-electron chi connectivity index (χ3n) is 3.31. The summed E-state index contributed by atoms with van der Waals surface area (Å²) in [6.07, 6.45) is 13.0.